The van der Waals surface area contributed by atoms with Crippen molar-refractivity contribution in [2.45, 2.75) is 18.7 Å². The van der Waals surface area contributed by atoms with Gasteiger partial charge in [-0.05, 0) is 36.4 Å². The number of rotatable bonds is 9. The van der Waals surface area contributed by atoms with Gasteiger partial charge in [0.15, 0.2) is 0 Å². The van der Waals surface area contributed by atoms with E-state index in [0.29, 0.717) is 5.75 Å². The number of nitrogens with zero attached hydrogens (tertiary/aromatic N) is 1. The van der Waals surface area contributed by atoms with Crippen molar-refractivity contribution in [2.75, 3.05) is 26.3 Å². The van der Waals surface area contributed by atoms with E-state index in [4.69, 9.17) is 9.47 Å². The number of halogens is 2. The molecule has 0 aliphatic carbocycles. The first-order valence-electron chi connectivity index (χ1n) is 8.64. The van der Waals surface area contributed by atoms with Crippen LogP contribution in [0.5, 0.6) is 5.75 Å². The summed E-state index contributed by atoms with van der Waals surface area (Å²) in [6, 6.07) is 10.2. The van der Waals surface area contributed by atoms with Crippen molar-refractivity contribution in [3.63, 3.8) is 0 Å². The third-order valence-electron chi connectivity index (χ3n) is 3.88. The summed E-state index contributed by atoms with van der Waals surface area (Å²) in [6.45, 7) is 3.89. The largest absolute Gasteiger partial charge is 0.490 e. The van der Waals surface area contributed by atoms with Crippen LogP contribution in [0.1, 0.15) is 24.2 Å². The van der Waals surface area contributed by atoms with Gasteiger partial charge in [-0.2, -0.15) is 4.31 Å². The van der Waals surface area contributed by atoms with Gasteiger partial charge in [-0.3, -0.25) is 0 Å². The second kappa shape index (κ2) is 9.99. The van der Waals surface area contributed by atoms with Gasteiger partial charge in [-0.25, -0.2) is 17.6 Å². The lowest BCUT2D eigenvalue weighted by atomic mass is 10.2. The van der Waals surface area contributed by atoms with Gasteiger partial charge in [-0.1, -0.05) is 35.8 Å². The molecule has 0 amide bonds. The summed E-state index contributed by atoms with van der Waals surface area (Å²) in [4.78, 5) is 12.0. The summed E-state index contributed by atoms with van der Waals surface area (Å²) < 4.78 is 51.7. The summed E-state index contributed by atoms with van der Waals surface area (Å²) in [6.07, 6.45) is 0. The predicted octanol–water partition coefficient (Wildman–Crippen LogP) is 3.85. The lowest BCUT2D eigenvalue weighted by Crippen LogP contribution is -2.30. The van der Waals surface area contributed by atoms with Crippen LogP contribution >= 0.6 is 15.9 Å². The molecule has 6 nitrogen and oxygen atoms in total. The predicted molar refractivity (Wildman–Crippen MR) is 106 cm³/mol. The molecule has 0 aliphatic rings. The number of benzene rings is 2. The highest BCUT2D eigenvalue weighted by Crippen LogP contribution is 2.20. The monoisotopic (exact) mass is 473 g/mol. The molecule has 0 N–H and O–H groups in total. The van der Waals surface area contributed by atoms with E-state index in [9.17, 15) is 17.6 Å². The summed E-state index contributed by atoms with van der Waals surface area (Å²) in [5, 5.41) is 0. The molecule has 152 valence electrons. The van der Waals surface area contributed by atoms with Gasteiger partial charge in [-0.15, -0.1) is 0 Å². The zero-order valence-corrected chi connectivity index (χ0v) is 17.9. The highest BCUT2D eigenvalue weighted by molar-refractivity contribution is 9.10. The number of carbonyl (C=O) groups excluding carboxylic acids is 1. The van der Waals surface area contributed by atoms with Gasteiger partial charge in [0.05, 0.1) is 10.5 Å². The molecular weight excluding hydrogens is 453 g/mol. The average Bonchev–Trinajstić information content (AvgIpc) is 2.66. The van der Waals surface area contributed by atoms with Gasteiger partial charge in [0.1, 0.15) is 24.8 Å². The van der Waals surface area contributed by atoms with Crippen LogP contribution in [-0.2, 0) is 14.8 Å². The maximum Gasteiger partial charge on any atom is 0.341 e. The Hall–Kier alpha value is -1.97. The molecule has 0 fully saturated rings. The zero-order chi connectivity index (χ0) is 20.7. The van der Waals surface area contributed by atoms with E-state index in [-0.39, 0.29) is 31.2 Å². The van der Waals surface area contributed by atoms with Crippen molar-refractivity contribution < 1.29 is 27.1 Å². The smallest absolute Gasteiger partial charge is 0.341 e. The summed E-state index contributed by atoms with van der Waals surface area (Å²) in [5.41, 5.74) is -0.435. The molecule has 0 heterocycles. The molecule has 2 aromatic rings. The minimum absolute atomic E-state index is 0.0707. The van der Waals surface area contributed by atoms with E-state index in [1.165, 1.54) is 4.31 Å². The van der Waals surface area contributed by atoms with Crippen molar-refractivity contribution in [1.82, 2.24) is 4.31 Å². The van der Waals surface area contributed by atoms with E-state index >= 15 is 0 Å². The number of ether oxygens (including phenoxy) is 2. The first-order valence-corrected chi connectivity index (χ1v) is 10.9. The van der Waals surface area contributed by atoms with Crippen molar-refractivity contribution >= 4 is 31.9 Å². The minimum Gasteiger partial charge on any atom is -0.490 e. The molecule has 2 rings (SSSR count). The lowest BCUT2D eigenvalue weighted by molar-refractivity contribution is 0.0445. The van der Waals surface area contributed by atoms with Crippen LogP contribution in [-0.4, -0.2) is 45.0 Å². The van der Waals surface area contributed by atoms with Crippen molar-refractivity contribution in [3.05, 3.63) is 58.3 Å². The molecule has 0 saturated heterocycles. The standard InChI is InChI=1S/C19H21BrFNO5S/c1-3-22(4-2)28(24,25)16-8-9-18(21)17(13-16)19(23)27-11-10-26-15-7-5-6-14(20)12-15/h5-9,12-13H,3-4,10-11H2,1-2H3. The molecule has 0 saturated carbocycles. The second-order valence-corrected chi connectivity index (χ2v) is 8.53. The Kier molecular flexibility index (Phi) is 7.97. The maximum absolute atomic E-state index is 14.0. The summed E-state index contributed by atoms with van der Waals surface area (Å²) >= 11 is 3.32. The van der Waals surface area contributed by atoms with Crippen molar-refractivity contribution in [2.24, 2.45) is 0 Å². The van der Waals surface area contributed by atoms with E-state index in [1.807, 2.05) is 6.07 Å². The molecule has 9 heteroatoms. The molecule has 28 heavy (non-hydrogen) atoms. The van der Waals surface area contributed by atoms with Crippen LogP contribution in [0.25, 0.3) is 0 Å². The number of sulfonamides is 1. The molecule has 0 bridgehead atoms. The van der Waals surface area contributed by atoms with E-state index in [0.717, 1.165) is 22.7 Å². The third-order valence-corrected chi connectivity index (χ3v) is 6.42. The topological polar surface area (TPSA) is 72.9 Å². The van der Waals surface area contributed by atoms with E-state index in [1.54, 1.807) is 32.0 Å². The number of hydrogen-bond acceptors (Lipinski definition) is 5. The number of hydrogen-bond donors (Lipinski definition) is 0. The van der Waals surface area contributed by atoms with Crippen molar-refractivity contribution in [1.29, 1.82) is 0 Å². The van der Waals surface area contributed by atoms with Gasteiger partial charge in [0.2, 0.25) is 10.0 Å². The fourth-order valence-corrected chi connectivity index (χ4v) is 4.33. The van der Waals surface area contributed by atoms with Crippen molar-refractivity contribution in [3.8, 4) is 5.75 Å². The van der Waals surface area contributed by atoms with E-state index in [2.05, 4.69) is 15.9 Å². The van der Waals surface area contributed by atoms with Crippen LogP contribution in [0.2, 0.25) is 0 Å². The molecule has 0 radical (unpaired) electrons. The first-order chi connectivity index (χ1) is 13.3. The fraction of sp³-hybridized carbons (Fsp3) is 0.316. The zero-order valence-electron chi connectivity index (χ0n) is 15.5. The number of carbonyl (C=O) groups is 1. The lowest BCUT2D eigenvalue weighted by Gasteiger charge is -2.18. The van der Waals surface area contributed by atoms with Crippen LogP contribution in [0, 0.1) is 5.82 Å². The Morgan fingerprint density at radius 2 is 1.82 bits per heavy atom. The Labute approximate surface area is 172 Å². The van der Waals surface area contributed by atoms with Crippen LogP contribution in [0.4, 0.5) is 4.39 Å². The SMILES string of the molecule is CCN(CC)S(=O)(=O)c1ccc(F)c(C(=O)OCCOc2cccc(Br)c2)c1. The molecule has 2 aromatic carbocycles. The number of esters is 1. The Bertz CT molecular complexity index is 932. The average molecular weight is 474 g/mol. The van der Waals surface area contributed by atoms with Gasteiger partial charge in [0.25, 0.3) is 0 Å². The molecule has 0 aliphatic heterocycles. The Morgan fingerprint density at radius 1 is 1.11 bits per heavy atom. The van der Waals surface area contributed by atoms with Gasteiger partial charge in [0, 0.05) is 17.6 Å². The molecular formula is C19H21BrFNO5S. The molecule has 0 aromatic heterocycles. The Balaban J connectivity index is 2.04. The van der Waals surface area contributed by atoms with Crippen LogP contribution in [0.3, 0.4) is 0 Å². The fourth-order valence-electron chi connectivity index (χ4n) is 2.46. The second-order valence-electron chi connectivity index (χ2n) is 5.67. The van der Waals surface area contributed by atoms with Gasteiger partial charge >= 0.3 is 5.97 Å². The normalized spacial score (nSPS) is 11.5. The van der Waals surface area contributed by atoms with E-state index < -0.39 is 27.4 Å². The van der Waals surface area contributed by atoms with Crippen LogP contribution in [0.15, 0.2) is 51.8 Å². The minimum atomic E-state index is -3.81. The third kappa shape index (κ3) is 5.52. The Morgan fingerprint density at radius 3 is 2.46 bits per heavy atom. The molecule has 0 unspecified atom stereocenters. The van der Waals surface area contributed by atoms with Crippen LogP contribution < -0.4 is 4.74 Å². The maximum atomic E-state index is 14.0. The highest BCUT2D eigenvalue weighted by atomic mass is 79.9. The van der Waals surface area contributed by atoms with Gasteiger partial charge < -0.3 is 9.47 Å². The molecule has 0 atom stereocenters. The first kappa shape index (κ1) is 22.3. The quantitative estimate of drug-likeness (QED) is 0.408. The summed E-state index contributed by atoms with van der Waals surface area (Å²) in [7, 11) is -3.81. The summed E-state index contributed by atoms with van der Waals surface area (Å²) in [5.74, 6) is -1.22. The molecule has 0 spiro atoms. The highest BCUT2D eigenvalue weighted by Gasteiger charge is 2.24.